The molecule has 0 saturated carbocycles. The first kappa shape index (κ1) is 22.6. The summed E-state index contributed by atoms with van der Waals surface area (Å²) in [6.45, 7) is 0. The fourth-order valence-corrected chi connectivity index (χ4v) is 2.60. The Morgan fingerprint density at radius 2 is 1.53 bits per heavy atom. The number of benzene rings is 2. The van der Waals surface area contributed by atoms with Crippen LogP contribution in [0.4, 0.5) is 48.2 Å². The fraction of sp³-hybridized carbons (Fsp3) is 0.111. The molecule has 0 aliphatic heterocycles. The molecular formula is C18H11F6N5O3. The summed E-state index contributed by atoms with van der Waals surface area (Å²) in [5.74, 6) is 0. The second-order valence-corrected chi connectivity index (χ2v) is 6.26. The van der Waals surface area contributed by atoms with Crippen LogP contribution in [0.2, 0.25) is 0 Å². The van der Waals surface area contributed by atoms with Crippen molar-refractivity contribution < 1.29 is 36.1 Å². The summed E-state index contributed by atoms with van der Waals surface area (Å²) in [5, 5.41) is 18.4. The summed E-state index contributed by atoms with van der Waals surface area (Å²) in [6, 6.07) is 8.52. The van der Waals surface area contributed by atoms with Crippen LogP contribution in [0.1, 0.15) is 11.4 Å². The molecule has 0 aliphatic rings. The molecule has 8 nitrogen and oxygen atoms in total. The zero-order chi connectivity index (χ0) is 23.7. The van der Waals surface area contributed by atoms with Gasteiger partial charge in [-0.15, -0.1) is 0 Å². The van der Waals surface area contributed by atoms with E-state index in [2.05, 4.69) is 15.7 Å². The van der Waals surface area contributed by atoms with Crippen molar-refractivity contribution in [1.29, 1.82) is 0 Å². The molecule has 14 heteroatoms. The van der Waals surface area contributed by atoms with E-state index < -0.39 is 34.7 Å². The minimum atomic E-state index is -5.09. The number of carbonyl (C=O) groups excluding carboxylic acids is 1. The Hall–Kier alpha value is -4.10. The third kappa shape index (κ3) is 5.14. The molecule has 32 heavy (non-hydrogen) atoms. The number of amides is 2. The van der Waals surface area contributed by atoms with Gasteiger partial charge in [0.1, 0.15) is 5.69 Å². The Bertz CT molecular complexity index is 1160. The number of urea groups is 1. The Labute approximate surface area is 174 Å². The molecule has 0 spiro atoms. The van der Waals surface area contributed by atoms with E-state index in [0.717, 1.165) is 30.3 Å². The molecule has 0 aliphatic carbocycles. The summed E-state index contributed by atoms with van der Waals surface area (Å²) in [7, 11) is 0. The Morgan fingerprint density at radius 1 is 0.906 bits per heavy atom. The number of hydrogen-bond acceptors (Lipinski definition) is 4. The molecule has 2 aromatic carbocycles. The summed E-state index contributed by atoms with van der Waals surface area (Å²) in [4.78, 5) is 22.1. The topological polar surface area (TPSA) is 102 Å². The summed E-state index contributed by atoms with van der Waals surface area (Å²) in [5.41, 5.74) is -3.70. The Balaban J connectivity index is 1.78. The first-order chi connectivity index (χ1) is 14.8. The molecule has 3 aromatic rings. The van der Waals surface area contributed by atoms with E-state index in [4.69, 9.17) is 0 Å². The minimum Gasteiger partial charge on any atom is -0.308 e. The van der Waals surface area contributed by atoms with Gasteiger partial charge in [0.05, 0.1) is 10.6 Å². The number of aromatic nitrogens is 2. The van der Waals surface area contributed by atoms with Crippen molar-refractivity contribution in [3.8, 4) is 5.69 Å². The maximum Gasteiger partial charge on any atom is 0.435 e. The van der Waals surface area contributed by atoms with E-state index in [-0.39, 0.29) is 33.5 Å². The highest BCUT2D eigenvalue weighted by Crippen LogP contribution is 2.36. The average molecular weight is 459 g/mol. The van der Waals surface area contributed by atoms with Gasteiger partial charge in [0.2, 0.25) is 0 Å². The predicted octanol–water partition coefficient (Wildman–Crippen LogP) is 5.46. The number of nitro groups is 1. The van der Waals surface area contributed by atoms with Crippen molar-refractivity contribution >= 4 is 23.1 Å². The first-order valence-corrected chi connectivity index (χ1v) is 8.52. The van der Waals surface area contributed by atoms with E-state index >= 15 is 0 Å². The fourth-order valence-electron chi connectivity index (χ4n) is 2.60. The lowest BCUT2D eigenvalue weighted by molar-refractivity contribution is -0.384. The van der Waals surface area contributed by atoms with Gasteiger partial charge in [-0.05, 0) is 30.3 Å². The van der Waals surface area contributed by atoms with E-state index in [1.54, 1.807) is 0 Å². The monoisotopic (exact) mass is 459 g/mol. The molecule has 1 aromatic heterocycles. The van der Waals surface area contributed by atoms with Crippen LogP contribution < -0.4 is 10.6 Å². The van der Waals surface area contributed by atoms with Crippen molar-refractivity contribution in [2.24, 2.45) is 0 Å². The average Bonchev–Trinajstić information content (AvgIpc) is 3.15. The van der Waals surface area contributed by atoms with Gasteiger partial charge in [0.15, 0.2) is 5.69 Å². The molecule has 3 rings (SSSR count). The van der Waals surface area contributed by atoms with Crippen molar-refractivity contribution in [3.05, 3.63) is 76.1 Å². The van der Waals surface area contributed by atoms with Gasteiger partial charge in [-0.1, -0.05) is 6.07 Å². The number of alkyl halides is 6. The van der Waals surface area contributed by atoms with Crippen LogP contribution in [0.3, 0.4) is 0 Å². The van der Waals surface area contributed by atoms with Crippen molar-refractivity contribution in [1.82, 2.24) is 9.78 Å². The van der Waals surface area contributed by atoms with Crippen LogP contribution in [-0.2, 0) is 12.4 Å². The molecule has 0 unspecified atom stereocenters. The van der Waals surface area contributed by atoms with Gasteiger partial charge in [-0.2, -0.15) is 31.4 Å². The van der Waals surface area contributed by atoms with Crippen molar-refractivity contribution in [2.75, 3.05) is 10.6 Å². The first-order valence-electron chi connectivity index (χ1n) is 8.52. The van der Waals surface area contributed by atoms with Gasteiger partial charge < -0.3 is 10.6 Å². The molecule has 2 N–H and O–H groups in total. The number of rotatable bonds is 4. The molecule has 168 valence electrons. The molecule has 0 bridgehead atoms. The Kier molecular flexibility index (Phi) is 5.79. The normalized spacial score (nSPS) is 11.8. The number of nitrogens with one attached hydrogen (secondary N) is 2. The van der Waals surface area contributed by atoms with Gasteiger partial charge >= 0.3 is 18.4 Å². The maximum atomic E-state index is 13.1. The Morgan fingerprint density at radius 3 is 2.09 bits per heavy atom. The van der Waals surface area contributed by atoms with Crippen molar-refractivity contribution in [2.45, 2.75) is 12.4 Å². The molecule has 0 fully saturated rings. The van der Waals surface area contributed by atoms with Crippen LogP contribution in [-0.4, -0.2) is 20.7 Å². The summed E-state index contributed by atoms with van der Waals surface area (Å²) >= 11 is 0. The second-order valence-electron chi connectivity index (χ2n) is 6.26. The third-order valence-electron chi connectivity index (χ3n) is 3.97. The van der Waals surface area contributed by atoms with Crippen LogP contribution >= 0.6 is 0 Å². The van der Waals surface area contributed by atoms with Gasteiger partial charge in [0, 0.05) is 29.6 Å². The summed E-state index contributed by atoms with van der Waals surface area (Å²) in [6.07, 6.45) is -10.2. The van der Waals surface area contributed by atoms with Gasteiger partial charge in [-0.25, -0.2) is 9.48 Å². The maximum absolute atomic E-state index is 13.1. The van der Waals surface area contributed by atoms with E-state index in [0.29, 0.717) is 0 Å². The number of halogens is 6. The lowest BCUT2D eigenvalue weighted by atomic mass is 10.2. The SMILES string of the molecule is O=C(Nc1ccc(-n2nc(C(F)(F)F)cc2C(F)(F)F)cc1)Nc1cccc([N+](=O)[O-])c1. The van der Waals surface area contributed by atoms with Crippen LogP contribution in [0.5, 0.6) is 0 Å². The van der Waals surface area contributed by atoms with Crippen LogP contribution in [0.15, 0.2) is 54.6 Å². The van der Waals surface area contributed by atoms with Crippen LogP contribution in [0.25, 0.3) is 5.69 Å². The van der Waals surface area contributed by atoms with E-state index in [9.17, 15) is 41.3 Å². The molecule has 0 radical (unpaired) electrons. The third-order valence-corrected chi connectivity index (χ3v) is 3.97. The number of carbonyl (C=O) groups is 1. The zero-order valence-electron chi connectivity index (χ0n) is 15.5. The number of hydrogen-bond donors (Lipinski definition) is 2. The van der Waals surface area contributed by atoms with Gasteiger partial charge in [0.25, 0.3) is 5.69 Å². The predicted molar refractivity (Wildman–Crippen MR) is 99.3 cm³/mol. The highest BCUT2D eigenvalue weighted by Gasteiger charge is 2.42. The molecule has 2 amide bonds. The number of nitro benzene ring substituents is 1. The van der Waals surface area contributed by atoms with Gasteiger partial charge in [-0.3, -0.25) is 10.1 Å². The highest BCUT2D eigenvalue weighted by molar-refractivity contribution is 5.99. The lowest BCUT2D eigenvalue weighted by Crippen LogP contribution is -2.19. The molecular weight excluding hydrogens is 448 g/mol. The largest absolute Gasteiger partial charge is 0.435 e. The van der Waals surface area contributed by atoms with Crippen molar-refractivity contribution in [3.63, 3.8) is 0 Å². The molecule has 0 saturated heterocycles. The second kappa shape index (κ2) is 8.20. The highest BCUT2D eigenvalue weighted by atomic mass is 19.4. The quantitative estimate of drug-likeness (QED) is 0.307. The number of anilines is 2. The van der Waals surface area contributed by atoms with Crippen LogP contribution in [0, 0.1) is 10.1 Å². The molecule has 0 atom stereocenters. The van der Waals surface area contributed by atoms with E-state index in [1.807, 2.05) is 0 Å². The summed E-state index contributed by atoms with van der Waals surface area (Å²) < 4.78 is 77.9. The van der Waals surface area contributed by atoms with E-state index in [1.165, 1.54) is 18.2 Å². The smallest absolute Gasteiger partial charge is 0.308 e. The lowest BCUT2D eigenvalue weighted by Gasteiger charge is -2.11. The number of nitrogens with zero attached hydrogens (tertiary/aromatic N) is 3. The molecule has 1 heterocycles. The zero-order valence-corrected chi connectivity index (χ0v) is 15.5. The standard InChI is InChI=1S/C18H11F6N5O3/c19-17(20,21)14-9-15(18(22,23)24)28(27-14)12-6-4-10(5-7-12)25-16(30)26-11-2-1-3-13(8-11)29(31)32/h1-9H,(H2,25,26,30). The minimum absolute atomic E-state index is 0.0911. The number of non-ortho nitro benzene ring substituents is 1.